The molecule has 10 nitrogen and oxygen atoms in total. The summed E-state index contributed by atoms with van der Waals surface area (Å²) in [5.74, 6) is -3.35. The fourth-order valence-electron chi connectivity index (χ4n) is 4.49. The summed E-state index contributed by atoms with van der Waals surface area (Å²) >= 11 is 0. The molecule has 0 bridgehead atoms. The third-order valence-corrected chi connectivity index (χ3v) is 8.60. The quantitative estimate of drug-likeness (QED) is 0.269. The zero-order valence-electron chi connectivity index (χ0n) is 22.6. The Morgan fingerprint density at radius 2 is 1.75 bits per heavy atom. The van der Waals surface area contributed by atoms with Gasteiger partial charge in [0.25, 0.3) is 0 Å². The first-order chi connectivity index (χ1) is 20.5. The third kappa shape index (κ3) is 7.47. The molecular formula is C26H23F7N6O4S. The topological polar surface area (TPSA) is 127 Å². The molecule has 0 saturated carbocycles. The summed E-state index contributed by atoms with van der Waals surface area (Å²) in [5, 5.41) is 2.49. The van der Waals surface area contributed by atoms with E-state index in [4.69, 9.17) is 0 Å². The van der Waals surface area contributed by atoms with Gasteiger partial charge in [0, 0.05) is 24.0 Å². The van der Waals surface area contributed by atoms with Gasteiger partial charge in [-0.15, -0.1) is 6.58 Å². The first-order valence-electron chi connectivity index (χ1n) is 12.7. The van der Waals surface area contributed by atoms with Crippen molar-refractivity contribution in [3.8, 4) is 17.3 Å². The number of alkyl halides is 6. The van der Waals surface area contributed by atoms with Crippen LogP contribution in [0.4, 0.5) is 30.7 Å². The van der Waals surface area contributed by atoms with E-state index in [1.54, 1.807) is 6.92 Å². The SMILES string of the molecule is C=C[C@@H]1C[C@@H](C(=O)NCc2cc(-c3cnc(C(F)(F)F)nc3)nc(OCC(F)(F)F)n2)N(S(=O)(=O)c2ccc(F)cc2)[C@H]1C. The Morgan fingerprint density at radius 1 is 1.11 bits per heavy atom. The number of nitrogens with zero attached hydrogens (tertiary/aromatic N) is 5. The molecule has 1 aromatic carbocycles. The number of sulfonamides is 1. The highest BCUT2D eigenvalue weighted by Crippen LogP contribution is 2.36. The maximum absolute atomic E-state index is 13.5. The fraction of sp³-hybridized carbons (Fsp3) is 0.346. The Bertz CT molecular complexity index is 1620. The van der Waals surface area contributed by atoms with Crippen LogP contribution in [0.1, 0.15) is 24.9 Å². The van der Waals surface area contributed by atoms with Crippen molar-refractivity contribution in [2.45, 2.75) is 49.2 Å². The van der Waals surface area contributed by atoms with Gasteiger partial charge in [0.05, 0.1) is 22.8 Å². The van der Waals surface area contributed by atoms with Crippen LogP contribution < -0.4 is 10.1 Å². The second kappa shape index (κ2) is 12.4. The molecule has 0 unspecified atom stereocenters. The van der Waals surface area contributed by atoms with Crippen LogP contribution in [0, 0.1) is 11.7 Å². The van der Waals surface area contributed by atoms with Crippen molar-refractivity contribution in [1.82, 2.24) is 29.6 Å². The molecule has 1 fully saturated rings. The monoisotopic (exact) mass is 648 g/mol. The molecule has 1 saturated heterocycles. The van der Waals surface area contributed by atoms with Crippen LogP contribution in [0.3, 0.4) is 0 Å². The van der Waals surface area contributed by atoms with E-state index in [1.807, 2.05) is 0 Å². The number of aromatic nitrogens is 4. The number of rotatable bonds is 9. The van der Waals surface area contributed by atoms with E-state index in [0.29, 0.717) is 0 Å². The number of nitrogens with one attached hydrogen (secondary N) is 1. The van der Waals surface area contributed by atoms with Crippen molar-refractivity contribution in [3.63, 3.8) is 0 Å². The molecule has 236 valence electrons. The minimum Gasteiger partial charge on any atom is -0.454 e. The van der Waals surface area contributed by atoms with Crippen molar-refractivity contribution in [3.05, 3.63) is 72.7 Å². The predicted octanol–water partition coefficient (Wildman–Crippen LogP) is 4.30. The highest BCUT2D eigenvalue weighted by atomic mass is 32.2. The third-order valence-electron chi connectivity index (χ3n) is 6.59. The smallest absolute Gasteiger partial charge is 0.451 e. The molecule has 0 radical (unpaired) electrons. The second-order valence-electron chi connectivity index (χ2n) is 9.62. The summed E-state index contributed by atoms with van der Waals surface area (Å²) in [7, 11) is -4.30. The Hall–Kier alpha value is -4.19. The average Bonchev–Trinajstić information content (AvgIpc) is 3.31. The van der Waals surface area contributed by atoms with Crippen LogP contribution >= 0.6 is 0 Å². The van der Waals surface area contributed by atoms with Crippen LogP contribution in [0.15, 0.2) is 60.3 Å². The first-order valence-corrected chi connectivity index (χ1v) is 14.1. The second-order valence-corrected chi connectivity index (χ2v) is 11.5. The zero-order chi connectivity index (χ0) is 32.4. The normalized spacial score (nSPS) is 19.5. The van der Waals surface area contributed by atoms with E-state index in [9.17, 15) is 43.9 Å². The van der Waals surface area contributed by atoms with Gasteiger partial charge < -0.3 is 10.1 Å². The van der Waals surface area contributed by atoms with Crippen LogP contribution in [0.5, 0.6) is 6.01 Å². The van der Waals surface area contributed by atoms with Crippen molar-refractivity contribution in [1.29, 1.82) is 0 Å². The van der Waals surface area contributed by atoms with E-state index in [0.717, 1.165) is 47.0 Å². The van der Waals surface area contributed by atoms with E-state index in [2.05, 4.69) is 36.6 Å². The lowest BCUT2D eigenvalue weighted by Crippen LogP contribution is -2.48. The molecule has 1 aliphatic heterocycles. The summed E-state index contributed by atoms with van der Waals surface area (Å²) in [5.41, 5.74) is -0.462. The van der Waals surface area contributed by atoms with Gasteiger partial charge in [0.15, 0.2) is 6.61 Å². The molecule has 4 rings (SSSR count). The van der Waals surface area contributed by atoms with Crippen LogP contribution in [-0.4, -0.2) is 63.4 Å². The van der Waals surface area contributed by atoms with Gasteiger partial charge in [-0.2, -0.15) is 40.6 Å². The summed E-state index contributed by atoms with van der Waals surface area (Å²) in [6.45, 7) is 3.02. The lowest BCUT2D eigenvalue weighted by Gasteiger charge is -2.27. The van der Waals surface area contributed by atoms with Gasteiger partial charge in [-0.1, -0.05) is 6.08 Å². The molecule has 1 amide bonds. The average molecular weight is 649 g/mol. The van der Waals surface area contributed by atoms with E-state index < -0.39 is 77.1 Å². The number of hydrogen-bond donors (Lipinski definition) is 1. The van der Waals surface area contributed by atoms with Gasteiger partial charge in [0.1, 0.15) is 11.9 Å². The standard InChI is InChI=1S/C26H23F7N6O4S/c1-3-15-8-21(39(14(15)2)44(41,42)19-6-4-17(27)5-7-19)22(40)34-12-18-9-20(38-24(37-18)43-13-25(28,29)30)16-10-35-23(36-11-16)26(31,32)33/h3-7,9-11,14-15,21H,1,8,12-13H2,2H3,(H,34,40)/t14-,15+,21-/m0/s1. The largest absolute Gasteiger partial charge is 0.454 e. The first kappa shape index (κ1) is 32.7. The molecule has 0 aliphatic carbocycles. The molecule has 3 heterocycles. The number of amides is 1. The minimum absolute atomic E-state index is 0.0365. The van der Waals surface area contributed by atoms with Crippen molar-refractivity contribution in [2.75, 3.05) is 6.61 Å². The summed E-state index contributed by atoms with van der Waals surface area (Å²) in [6.07, 6.45) is -6.58. The lowest BCUT2D eigenvalue weighted by molar-refractivity contribution is -0.154. The van der Waals surface area contributed by atoms with Crippen molar-refractivity contribution in [2.24, 2.45) is 5.92 Å². The maximum atomic E-state index is 13.5. The predicted molar refractivity (Wildman–Crippen MR) is 138 cm³/mol. The molecule has 0 spiro atoms. The van der Waals surface area contributed by atoms with Gasteiger partial charge in [-0.05, 0) is 49.6 Å². The molecule has 2 aromatic heterocycles. The maximum Gasteiger partial charge on any atom is 0.451 e. The van der Waals surface area contributed by atoms with E-state index in [-0.39, 0.29) is 28.3 Å². The highest BCUT2D eigenvalue weighted by Gasteiger charge is 2.47. The number of halogens is 7. The molecule has 1 N–H and O–H groups in total. The van der Waals surface area contributed by atoms with Gasteiger partial charge in [-0.25, -0.2) is 22.8 Å². The molecule has 18 heteroatoms. The molecule has 3 aromatic rings. The molecule has 1 aliphatic rings. The zero-order valence-corrected chi connectivity index (χ0v) is 23.4. The number of ether oxygens (including phenoxy) is 1. The molecule has 44 heavy (non-hydrogen) atoms. The van der Waals surface area contributed by atoms with Crippen LogP contribution in [-0.2, 0) is 27.5 Å². The Balaban J connectivity index is 1.61. The fourth-order valence-corrected chi connectivity index (χ4v) is 6.32. The van der Waals surface area contributed by atoms with Crippen molar-refractivity contribution >= 4 is 15.9 Å². The van der Waals surface area contributed by atoms with Crippen LogP contribution in [0.25, 0.3) is 11.3 Å². The summed E-state index contributed by atoms with van der Waals surface area (Å²) in [4.78, 5) is 27.1. The van der Waals surface area contributed by atoms with Crippen molar-refractivity contribution < 1.29 is 48.7 Å². The van der Waals surface area contributed by atoms with E-state index >= 15 is 0 Å². The number of benzene rings is 1. The van der Waals surface area contributed by atoms with Gasteiger partial charge >= 0.3 is 18.4 Å². The Morgan fingerprint density at radius 3 is 2.32 bits per heavy atom. The van der Waals surface area contributed by atoms with Gasteiger partial charge in [0.2, 0.25) is 21.8 Å². The number of hydrogen-bond acceptors (Lipinski definition) is 8. The summed E-state index contributed by atoms with van der Waals surface area (Å²) in [6, 6.07) is 2.42. The van der Waals surface area contributed by atoms with Crippen LogP contribution in [0.2, 0.25) is 0 Å². The Labute approximate surface area is 246 Å². The summed E-state index contributed by atoms with van der Waals surface area (Å²) < 4.78 is 123. The van der Waals surface area contributed by atoms with E-state index in [1.165, 1.54) is 6.08 Å². The highest BCUT2D eigenvalue weighted by molar-refractivity contribution is 7.89. The van der Waals surface area contributed by atoms with Gasteiger partial charge in [-0.3, -0.25) is 4.79 Å². The number of carbonyl (C=O) groups excluding carboxylic acids is 1. The minimum atomic E-state index is -4.85. The molecular weight excluding hydrogens is 625 g/mol. The molecule has 3 atom stereocenters. The Kier molecular flexibility index (Phi) is 9.24. The number of carbonyl (C=O) groups is 1. The lowest BCUT2D eigenvalue weighted by atomic mass is 10.0.